The summed E-state index contributed by atoms with van der Waals surface area (Å²) in [6.07, 6.45) is 0. The van der Waals surface area contributed by atoms with E-state index in [0.717, 1.165) is 11.3 Å². The average molecular weight is 313 g/mol. The van der Waals surface area contributed by atoms with Crippen LogP contribution in [0.4, 0.5) is 0 Å². The monoisotopic (exact) mass is 313 g/mol. The number of ether oxygens (including phenoxy) is 1. The number of benzene rings is 1. The number of methoxy groups -OCH3 is 1. The highest BCUT2D eigenvalue weighted by Crippen LogP contribution is 2.27. The van der Waals surface area contributed by atoms with Crippen LogP contribution >= 0.6 is 0 Å². The number of rotatable bonds is 4. The van der Waals surface area contributed by atoms with E-state index in [1.165, 1.54) is 4.31 Å². The van der Waals surface area contributed by atoms with Crippen molar-refractivity contribution in [2.24, 2.45) is 0 Å². The van der Waals surface area contributed by atoms with Gasteiger partial charge in [-0.1, -0.05) is 12.1 Å². The Morgan fingerprint density at radius 1 is 1.19 bits per heavy atom. The van der Waals surface area contributed by atoms with Gasteiger partial charge in [0, 0.05) is 39.8 Å². The maximum absolute atomic E-state index is 12.3. The SMILES string of the molecule is COc1ccc(C2CN(S(=O)(=O)N(C)C)CCN2C)cc1. The standard InChI is InChI=1S/C14H23N3O3S/c1-15(2)21(18,19)17-10-9-16(3)14(11-17)12-5-7-13(20-4)8-6-12/h5-8,14H,9-11H2,1-4H3. The molecule has 0 bridgehead atoms. The van der Waals surface area contributed by atoms with Gasteiger partial charge < -0.3 is 4.74 Å². The predicted molar refractivity (Wildman–Crippen MR) is 82.5 cm³/mol. The predicted octanol–water partition coefficient (Wildman–Crippen LogP) is 0.790. The zero-order valence-corrected chi connectivity index (χ0v) is 13.8. The molecule has 7 heteroatoms. The molecule has 1 saturated heterocycles. The molecule has 1 aliphatic heterocycles. The lowest BCUT2D eigenvalue weighted by Crippen LogP contribution is -2.51. The summed E-state index contributed by atoms with van der Waals surface area (Å²) in [6, 6.07) is 7.85. The van der Waals surface area contributed by atoms with E-state index >= 15 is 0 Å². The minimum absolute atomic E-state index is 0.0550. The summed E-state index contributed by atoms with van der Waals surface area (Å²) in [5, 5.41) is 0. The highest BCUT2D eigenvalue weighted by molar-refractivity contribution is 7.86. The van der Waals surface area contributed by atoms with Crippen LogP contribution < -0.4 is 4.74 Å². The summed E-state index contributed by atoms with van der Waals surface area (Å²) in [5.41, 5.74) is 1.09. The molecule has 1 fully saturated rings. The zero-order valence-electron chi connectivity index (χ0n) is 13.0. The third-order valence-electron chi connectivity index (χ3n) is 3.90. The molecular formula is C14H23N3O3S. The highest BCUT2D eigenvalue weighted by Gasteiger charge is 2.33. The van der Waals surface area contributed by atoms with Crippen LogP contribution in [0.5, 0.6) is 5.75 Å². The van der Waals surface area contributed by atoms with Crippen LogP contribution in [0.2, 0.25) is 0 Å². The van der Waals surface area contributed by atoms with Gasteiger partial charge in [-0.25, -0.2) is 0 Å². The molecule has 0 aliphatic carbocycles. The quantitative estimate of drug-likeness (QED) is 0.825. The van der Waals surface area contributed by atoms with Gasteiger partial charge in [-0.05, 0) is 24.7 Å². The van der Waals surface area contributed by atoms with Crippen molar-refractivity contribution in [3.05, 3.63) is 29.8 Å². The number of nitrogens with zero attached hydrogens (tertiary/aromatic N) is 3. The molecule has 0 aromatic heterocycles. The summed E-state index contributed by atoms with van der Waals surface area (Å²) in [7, 11) is 3.42. The van der Waals surface area contributed by atoms with Gasteiger partial charge in [-0.2, -0.15) is 17.0 Å². The Balaban J connectivity index is 2.21. The van der Waals surface area contributed by atoms with Crippen molar-refractivity contribution in [1.29, 1.82) is 0 Å². The number of hydrogen-bond acceptors (Lipinski definition) is 4. The number of piperazine rings is 1. The second kappa shape index (κ2) is 6.31. The normalized spacial score (nSPS) is 21.7. The van der Waals surface area contributed by atoms with Crippen molar-refractivity contribution in [2.45, 2.75) is 6.04 Å². The Labute approximate surface area is 127 Å². The van der Waals surface area contributed by atoms with Crippen molar-refractivity contribution in [3.8, 4) is 5.75 Å². The van der Waals surface area contributed by atoms with E-state index < -0.39 is 10.2 Å². The molecule has 21 heavy (non-hydrogen) atoms. The minimum Gasteiger partial charge on any atom is -0.497 e. The van der Waals surface area contributed by atoms with Gasteiger partial charge in [0.2, 0.25) is 0 Å². The maximum Gasteiger partial charge on any atom is 0.281 e. The third-order valence-corrected chi connectivity index (χ3v) is 5.81. The van der Waals surface area contributed by atoms with Crippen molar-refractivity contribution in [1.82, 2.24) is 13.5 Å². The Bertz CT molecular complexity index is 572. The first-order valence-electron chi connectivity index (χ1n) is 6.88. The van der Waals surface area contributed by atoms with E-state index in [2.05, 4.69) is 4.90 Å². The molecule has 1 aromatic rings. The minimum atomic E-state index is -3.36. The van der Waals surface area contributed by atoms with Gasteiger partial charge in [0.25, 0.3) is 10.2 Å². The summed E-state index contributed by atoms with van der Waals surface area (Å²) in [4.78, 5) is 2.18. The second-order valence-corrected chi connectivity index (χ2v) is 7.56. The molecule has 0 amide bonds. The van der Waals surface area contributed by atoms with Gasteiger partial charge >= 0.3 is 0 Å². The lowest BCUT2D eigenvalue weighted by molar-refractivity contribution is 0.144. The topological polar surface area (TPSA) is 53.1 Å². The Hall–Kier alpha value is -1.15. The van der Waals surface area contributed by atoms with Crippen molar-refractivity contribution in [2.75, 3.05) is 47.9 Å². The average Bonchev–Trinajstić information content (AvgIpc) is 2.47. The first kappa shape index (κ1) is 16.2. The van der Waals surface area contributed by atoms with Crippen LogP contribution in [0.25, 0.3) is 0 Å². The first-order chi connectivity index (χ1) is 9.86. The second-order valence-electron chi connectivity index (χ2n) is 5.42. The van der Waals surface area contributed by atoms with Gasteiger partial charge in [0.05, 0.1) is 7.11 Å². The summed E-state index contributed by atoms with van der Waals surface area (Å²) in [6.45, 7) is 1.69. The lowest BCUT2D eigenvalue weighted by atomic mass is 10.0. The fourth-order valence-corrected chi connectivity index (χ4v) is 3.58. The first-order valence-corrected chi connectivity index (χ1v) is 8.27. The number of hydrogen-bond donors (Lipinski definition) is 0. The molecule has 0 radical (unpaired) electrons. The van der Waals surface area contributed by atoms with E-state index in [9.17, 15) is 8.42 Å². The van der Waals surface area contributed by atoms with Crippen LogP contribution in [0.15, 0.2) is 24.3 Å². The molecule has 0 spiro atoms. The Kier molecular flexibility index (Phi) is 4.88. The fraction of sp³-hybridized carbons (Fsp3) is 0.571. The third kappa shape index (κ3) is 3.37. The zero-order chi connectivity index (χ0) is 15.6. The molecule has 0 N–H and O–H groups in total. The maximum atomic E-state index is 12.3. The van der Waals surface area contributed by atoms with Crippen molar-refractivity contribution in [3.63, 3.8) is 0 Å². The van der Waals surface area contributed by atoms with Crippen molar-refractivity contribution < 1.29 is 13.2 Å². The van der Waals surface area contributed by atoms with Crippen LogP contribution in [-0.4, -0.2) is 69.8 Å². The van der Waals surface area contributed by atoms with E-state index in [-0.39, 0.29) is 6.04 Å². The highest BCUT2D eigenvalue weighted by atomic mass is 32.2. The Morgan fingerprint density at radius 2 is 1.81 bits per heavy atom. The molecule has 0 saturated carbocycles. The summed E-state index contributed by atoms with van der Waals surface area (Å²) < 4.78 is 32.5. The molecule has 2 rings (SSSR count). The summed E-state index contributed by atoms with van der Waals surface area (Å²) in [5.74, 6) is 0.801. The molecule has 1 aromatic carbocycles. The molecule has 1 heterocycles. The van der Waals surface area contributed by atoms with Gasteiger partial charge in [-0.3, -0.25) is 4.90 Å². The van der Waals surface area contributed by atoms with Crippen LogP contribution in [0, 0.1) is 0 Å². The van der Waals surface area contributed by atoms with Gasteiger partial charge in [0.1, 0.15) is 5.75 Å². The lowest BCUT2D eigenvalue weighted by Gasteiger charge is -2.39. The van der Waals surface area contributed by atoms with Crippen LogP contribution in [0.1, 0.15) is 11.6 Å². The molecular weight excluding hydrogens is 290 g/mol. The molecule has 1 atom stereocenters. The van der Waals surface area contributed by atoms with Crippen molar-refractivity contribution >= 4 is 10.2 Å². The molecule has 6 nitrogen and oxygen atoms in total. The number of likely N-dealkylation sites (N-methyl/N-ethyl adjacent to an activating group) is 1. The van der Waals surface area contributed by atoms with Crippen LogP contribution in [0.3, 0.4) is 0 Å². The molecule has 118 valence electrons. The molecule has 1 unspecified atom stereocenters. The summed E-state index contributed by atoms with van der Waals surface area (Å²) >= 11 is 0. The smallest absolute Gasteiger partial charge is 0.281 e. The van der Waals surface area contributed by atoms with E-state index in [0.29, 0.717) is 19.6 Å². The molecule has 1 aliphatic rings. The van der Waals surface area contributed by atoms with E-state index in [1.54, 1.807) is 25.5 Å². The van der Waals surface area contributed by atoms with Crippen LogP contribution in [-0.2, 0) is 10.2 Å². The fourth-order valence-electron chi connectivity index (χ4n) is 2.48. The largest absolute Gasteiger partial charge is 0.497 e. The van der Waals surface area contributed by atoms with Gasteiger partial charge in [-0.15, -0.1) is 0 Å². The van der Waals surface area contributed by atoms with E-state index in [4.69, 9.17) is 4.74 Å². The van der Waals surface area contributed by atoms with E-state index in [1.807, 2.05) is 31.3 Å². The Morgan fingerprint density at radius 3 is 2.33 bits per heavy atom. The van der Waals surface area contributed by atoms with Gasteiger partial charge in [0.15, 0.2) is 0 Å².